The highest BCUT2D eigenvalue weighted by Gasteiger charge is 2.27. The van der Waals surface area contributed by atoms with E-state index >= 15 is 0 Å². The molecule has 1 aliphatic heterocycles. The summed E-state index contributed by atoms with van der Waals surface area (Å²) in [6.07, 6.45) is 1.90. The molecule has 0 aromatic heterocycles. The summed E-state index contributed by atoms with van der Waals surface area (Å²) in [5, 5.41) is 2.79. The van der Waals surface area contributed by atoms with Crippen LogP contribution in [0.3, 0.4) is 0 Å². The van der Waals surface area contributed by atoms with Crippen molar-refractivity contribution in [2.45, 2.75) is 30.8 Å². The summed E-state index contributed by atoms with van der Waals surface area (Å²) in [5.74, 6) is -0.356. The van der Waals surface area contributed by atoms with Crippen LogP contribution in [0, 0.1) is 6.92 Å². The van der Waals surface area contributed by atoms with Gasteiger partial charge in [0.15, 0.2) is 0 Å². The number of rotatable bonds is 7. The molecule has 7 heteroatoms. The van der Waals surface area contributed by atoms with Crippen LogP contribution in [-0.2, 0) is 19.6 Å². The molecule has 0 spiro atoms. The quantitative estimate of drug-likeness (QED) is 0.791. The maximum atomic E-state index is 13.2. The number of ether oxygens (including phenoxy) is 1. The highest BCUT2D eigenvalue weighted by atomic mass is 32.2. The van der Waals surface area contributed by atoms with E-state index in [1.807, 2.05) is 6.92 Å². The van der Waals surface area contributed by atoms with Crippen LogP contribution in [0.5, 0.6) is 0 Å². The van der Waals surface area contributed by atoms with Crippen molar-refractivity contribution in [1.82, 2.24) is 5.32 Å². The molecule has 27 heavy (non-hydrogen) atoms. The van der Waals surface area contributed by atoms with E-state index in [0.717, 1.165) is 22.7 Å². The number of nitrogens with zero attached hydrogens (tertiary/aromatic N) is 1. The van der Waals surface area contributed by atoms with Gasteiger partial charge in [-0.05, 0) is 44.0 Å². The minimum Gasteiger partial charge on any atom is -0.376 e. The van der Waals surface area contributed by atoms with Gasteiger partial charge in [0.05, 0.1) is 16.7 Å². The number of amides is 1. The van der Waals surface area contributed by atoms with E-state index in [1.54, 1.807) is 54.6 Å². The standard InChI is InChI=1S/C20H24N2O4S/c1-16-9-11-19(12-10-16)27(24,25)22(17-6-3-2-4-7-17)15-20(23)21-14-18-8-5-13-26-18/h2-4,6-7,9-12,18H,5,8,13-15H2,1H3,(H,21,23). The van der Waals surface area contributed by atoms with Gasteiger partial charge in [0.1, 0.15) is 6.54 Å². The fourth-order valence-corrected chi connectivity index (χ4v) is 4.39. The number of nitrogens with one attached hydrogen (secondary N) is 1. The zero-order valence-electron chi connectivity index (χ0n) is 15.3. The molecule has 1 atom stereocenters. The molecule has 144 valence electrons. The second kappa shape index (κ2) is 8.54. The molecule has 1 N–H and O–H groups in total. The van der Waals surface area contributed by atoms with Gasteiger partial charge in [-0.1, -0.05) is 35.9 Å². The van der Waals surface area contributed by atoms with Gasteiger partial charge in [-0.25, -0.2) is 8.42 Å². The number of hydrogen-bond donors (Lipinski definition) is 1. The molecule has 2 aromatic carbocycles. The monoisotopic (exact) mass is 388 g/mol. The Kier molecular flexibility index (Phi) is 6.13. The van der Waals surface area contributed by atoms with E-state index in [-0.39, 0.29) is 23.5 Å². The fourth-order valence-electron chi connectivity index (χ4n) is 2.97. The number of carbonyl (C=O) groups is 1. The summed E-state index contributed by atoms with van der Waals surface area (Å²) >= 11 is 0. The summed E-state index contributed by atoms with van der Waals surface area (Å²) in [4.78, 5) is 12.6. The van der Waals surface area contributed by atoms with Crippen LogP contribution in [0.15, 0.2) is 59.5 Å². The molecule has 1 unspecified atom stereocenters. The Morgan fingerprint density at radius 1 is 1.15 bits per heavy atom. The number of aryl methyl sites for hydroxylation is 1. The smallest absolute Gasteiger partial charge is 0.264 e. The number of hydrogen-bond acceptors (Lipinski definition) is 4. The predicted octanol–water partition coefficient (Wildman–Crippen LogP) is 2.49. The first-order valence-electron chi connectivity index (χ1n) is 8.99. The number of carbonyl (C=O) groups excluding carboxylic acids is 1. The van der Waals surface area contributed by atoms with Crippen LogP contribution in [0.4, 0.5) is 5.69 Å². The van der Waals surface area contributed by atoms with Crippen LogP contribution in [0.1, 0.15) is 18.4 Å². The Labute approximate surface area is 160 Å². The lowest BCUT2D eigenvalue weighted by Crippen LogP contribution is -2.42. The first-order valence-corrected chi connectivity index (χ1v) is 10.4. The van der Waals surface area contributed by atoms with Crippen molar-refractivity contribution < 1.29 is 17.9 Å². The third-order valence-electron chi connectivity index (χ3n) is 4.49. The normalized spacial score (nSPS) is 16.9. The Bertz CT molecular complexity index is 861. The second-order valence-electron chi connectivity index (χ2n) is 6.60. The molecular weight excluding hydrogens is 364 g/mol. The number of sulfonamides is 1. The van der Waals surface area contributed by atoms with E-state index in [4.69, 9.17) is 4.74 Å². The van der Waals surface area contributed by atoms with Gasteiger partial charge in [0.25, 0.3) is 10.0 Å². The molecule has 1 amide bonds. The van der Waals surface area contributed by atoms with Gasteiger partial charge in [0, 0.05) is 13.2 Å². The van der Waals surface area contributed by atoms with Crippen molar-refractivity contribution in [2.75, 3.05) is 24.0 Å². The molecule has 0 bridgehead atoms. The average Bonchev–Trinajstić information content (AvgIpc) is 3.19. The molecule has 1 aliphatic rings. The van der Waals surface area contributed by atoms with E-state index in [0.29, 0.717) is 18.8 Å². The minimum absolute atomic E-state index is 0.00725. The highest BCUT2D eigenvalue weighted by molar-refractivity contribution is 7.92. The zero-order chi connectivity index (χ0) is 19.3. The molecule has 0 saturated carbocycles. The lowest BCUT2D eigenvalue weighted by atomic mass is 10.2. The Morgan fingerprint density at radius 3 is 2.48 bits per heavy atom. The van der Waals surface area contributed by atoms with Crippen molar-refractivity contribution in [3.63, 3.8) is 0 Å². The molecule has 1 heterocycles. The molecule has 6 nitrogen and oxygen atoms in total. The first kappa shape index (κ1) is 19.4. The SMILES string of the molecule is Cc1ccc(S(=O)(=O)N(CC(=O)NCC2CCCO2)c2ccccc2)cc1. The van der Waals surface area contributed by atoms with Crippen molar-refractivity contribution in [1.29, 1.82) is 0 Å². The molecule has 2 aromatic rings. The van der Waals surface area contributed by atoms with Gasteiger partial charge in [-0.3, -0.25) is 9.10 Å². The van der Waals surface area contributed by atoms with Gasteiger partial charge >= 0.3 is 0 Å². The average molecular weight is 388 g/mol. The summed E-state index contributed by atoms with van der Waals surface area (Å²) in [7, 11) is -3.86. The van der Waals surface area contributed by atoms with Crippen LogP contribution in [0.25, 0.3) is 0 Å². The van der Waals surface area contributed by atoms with Crippen molar-refractivity contribution in [3.8, 4) is 0 Å². The number of benzene rings is 2. The summed E-state index contributed by atoms with van der Waals surface area (Å²) < 4.78 is 33.0. The van der Waals surface area contributed by atoms with Crippen molar-refractivity contribution >= 4 is 21.6 Å². The van der Waals surface area contributed by atoms with Gasteiger partial charge < -0.3 is 10.1 Å². The maximum absolute atomic E-state index is 13.2. The zero-order valence-corrected chi connectivity index (χ0v) is 16.1. The largest absolute Gasteiger partial charge is 0.376 e. The lowest BCUT2D eigenvalue weighted by molar-refractivity contribution is -0.120. The third-order valence-corrected chi connectivity index (χ3v) is 6.28. The van der Waals surface area contributed by atoms with E-state index in [2.05, 4.69) is 5.32 Å². The summed E-state index contributed by atoms with van der Waals surface area (Å²) in [5.41, 5.74) is 1.42. The minimum atomic E-state index is -3.86. The maximum Gasteiger partial charge on any atom is 0.264 e. The van der Waals surface area contributed by atoms with Gasteiger partial charge in [-0.2, -0.15) is 0 Å². The highest BCUT2D eigenvalue weighted by Crippen LogP contribution is 2.23. The lowest BCUT2D eigenvalue weighted by Gasteiger charge is -2.24. The third kappa shape index (κ3) is 4.87. The topological polar surface area (TPSA) is 75.7 Å². The van der Waals surface area contributed by atoms with E-state index in [9.17, 15) is 13.2 Å². The molecule has 1 fully saturated rings. The van der Waals surface area contributed by atoms with E-state index in [1.165, 1.54) is 0 Å². The van der Waals surface area contributed by atoms with Crippen LogP contribution >= 0.6 is 0 Å². The Hall–Kier alpha value is -2.38. The summed E-state index contributed by atoms with van der Waals surface area (Å²) in [6.45, 7) is 2.71. The van der Waals surface area contributed by atoms with Crippen molar-refractivity contribution in [2.24, 2.45) is 0 Å². The van der Waals surface area contributed by atoms with Crippen LogP contribution < -0.4 is 9.62 Å². The number of para-hydroxylation sites is 1. The predicted molar refractivity (Wildman–Crippen MR) is 104 cm³/mol. The molecule has 0 aliphatic carbocycles. The molecule has 3 rings (SSSR count). The molecule has 1 saturated heterocycles. The van der Waals surface area contributed by atoms with Gasteiger partial charge in [-0.15, -0.1) is 0 Å². The second-order valence-corrected chi connectivity index (χ2v) is 8.46. The Morgan fingerprint density at radius 2 is 1.85 bits per heavy atom. The fraction of sp³-hybridized carbons (Fsp3) is 0.350. The van der Waals surface area contributed by atoms with Crippen LogP contribution in [0.2, 0.25) is 0 Å². The first-order chi connectivity index (χ1) is 13.0. The van der Waals surface area contributed by atoms with E-state index < -0.39 is 10.0 Å². The summed E-state index contributed by atoms with van der Waals surface area (Å²) in [6, 6.07) is 15.3. The Balaban J connectivity index is 1.80. The van der Waals surface area contributed by atoms with Crippen LogP contribution in [-0.4, -0.2) is 40.1 Å². The van der Waals surface area contributed by atoms with Crippen molar-refractivity contribution in [3.05, 3.63) is 60.2 Å². The molecular formula is C20H24N2O4S. The molecule has 0 radical (unpaired) electrons. The van der Waals surface area contributed by atoms with Gasteiger partial charge in [0.2, 0.25) is 5.91 Å². The number of anilines is 1.